The summed E-state index contributed by atoms with van der Waals surface area (Å²) in [5.74, 6) is -1.68. The van der Waals surface area contributed by atoms with Gasteiger partial charge < -0.3 is 9.47 Å². The molecule has 2 rings (SSSR count). The van der Waals surface area contributed by atoms with Crippen LogP contribution < -0.4 is 5.30 Å². The number of hydrogen-bond acceptors (Lipinski definition) is 6. The zero-order valence-electron chi connectivity index (χ0n) is 19.6. The van der Waals surface area contributed by atoms with E-state index >= 15 is 0 Å². The van der Waals surface area contributed by atoms with Crippen LogP contribution in [0, 0.1) is 0 Å². The van der Waals surface area contributed by atoms with Crippen LogP contribution in [0.25, 0.3) is 0 Å². The first-order valence-corrected chi connectivity index (χ1v) is 13.9. The predicted molar refractivity (Wildman–Crippen MR) is 131 cm³/mol. The quantitative estimate of drug-likeness (QED) is 0.283. The number of esters is 2. The van der Waals surface area contributed by atoms with Gasteiger partial charge in [0.2, 0.25) is 0 Å². The molecule has 1 N–H and O–H groups in total. The third-order valence-corrected chi connectivity index (χ3v) is 8.30. The first-order chi connectivity index (χ1) is 15.7. The maximum absolute atomic E-state index is 11.3. The summed E-state index contributed by atoms with van der Waals surface area (Å²) < 4.78 is 39.7. The van der Waals surface area contributed by atoms with Gasteiger partial charge in [-0.3, -0.25) is 4.55 Å². The maximum atomic E-state index is 11.3. The summed E-state index contributed by atoms with van der Waals surface area (Å²) in [5.41, 5.74) is -0.374. The van der Waals surface area contributed by atoms with Crippen LogP contribution in [0.4, 0.5) is 0 Å². The summed E-state index contributed by atoms with van der Waals surface area (Å²) in [7, 11) is -2.22. The van der Waals surface area contributed by atoms with E-state index in [2.05, 4.69) is 53.7 Å². The SMILES string of the molecule is CCCCP(CCCC)c1ccccc1.COC(=O)c1cc(C(=O)OC)cc(S(=O)(=O)O)c1. The molecule has 0 saturated carbocycles. The van der Waals surface area contributed by atoms with E-state index in [1.54, 1.807) is 5.30 Å². The van der Waals surface area contributed by atoms with Crippen molar-refractivity contribution in [2.24, 2.45) is 0 Å². The van der Waals surface area contributed by atoms with Crippen LogP contribution in [0.2, 0.25) is 0 Å². The molecule has 0 bridgehead atoms. The van der Waals surface area contributed by atoms with Crippen molar-refractivity contribution in [2.75, 3.05) is 26.5 Å². The van der Waals surface area contributed by atoms with Crippen molar-refractivity contribution < 1.29 is 32.0 Å². The number of rotatable bonds is 10. The van der Waals surface area contributed by atoms with Crippen LogP contribution in [0.15, 0.2) is 53.4 Å². The van der Waals surface area contributed by atoms with Gasteiger partial charge in [0.25, 0.3) is 10.1 Å². The number of carbonyl (C=O) groups is 2. The summed E-state index contributed by atoms with van der Waals surface area (Å²) in [6.07, 6.45) is 8.30. The Bertz CT molecular complexity index is 949. The minimum absolute atomic E-state index is 0.132. The van der Waals surface area contributed by atoms with Crippen molar-refractivity contribution in [2.45, 2.75) is 44.4 Å². The van der Waals surface area contributed by atoms with Gasteiger partial charge in [-0.1, -0.05) is 64.9 Å². The molecule has 0 aromatic heterocycles. The van der Waals surface area contributed by atoms with E-state index in [1.807, 2.05) is 0 Å². The average Bonchev–Trinajstić information content (AvgIpc) is 2.83. The van der Waals surface area contributed by atoms with Crippen molar-refractivity contribution in [1.82, 2.24) is 0 Å². The van der Waals surface area contributed by atoms with Crippen molar-refractivity contribution >= 4 is 35.3 Å². The minimum atomic E-state index is -4.55. The van der Waals surface area contributed by atoms with Crippen LogP contribution in [0.1, 0.15) is 60.2 Å². The summed E-state index contributed by atoms with van der Waals surface area (Å²) >= 11 is 0. The molecule has 0 aliphatic carbocycles. The van der Waals surface area contributed by atoms with Crippen molar-refractivity contribution in [3.63, 3.8) is 0 Å². The lowest BCUT2D eigenvalue weighted by Gasteiger charge is -2.17. The van der Waals surface area contributed by atoms with Crippen molar-refractivity contribution in [1.29, 1.82) is 0 Å². The Labute approximate surface area is 198 Å². The molecule has 0 aliphatic heterocycles. The van der Waals surface area contributed by atoms with Crippen LogP contribution >= 0.6 is 7.92 Å². The first-order valence-electron chi connectivity index (χ1n) is 10.8. The fraction of sp³-hybridized carbons (Fsp3) is 0.417. The normalized spacial score (nSPS) is 10.8. The molecule has 0 heterocycles. The minimum Gasteiger partial charge on any atom is -0.465 e. The Morgan fingerprint density at radius 2 is 1.30 bits per heavy atom. The van der Waals surface area contributed by atoms with Crippen LogP contribution in [-0.2, 0) is 19.6 Å². The van der Waals surface area contributed by atoms with Crippen molar-refractivity contribution in [3.05, 3.63) is 59.7 Å². The molecule has 0 radical (unpaired) electrons. The lowest BCUT2D eigenvalue weighted by molar-refractivity contribution is 0.0598. The molecular formula is C24H33O7PS. The standard InChI is InChI=1S/C14H23P.C10H10O7S/c1-3-5-12-15(13-6-4-2)14-10-8-7-9-11-14;1-16-9(11)6-3-7(10(12)17-2)5-8(4-6)18(13,14)15/h7-11H,3-6,12-13H2,1-2H3;3-5H,1-2H3,(H,13,14,15). The van der Waals surface area contributed by atoms with E-state index in [-0.39, 0.29) is 19.0 Å². The molecule has 0 amide bonds. The van der Waals surface area contributed by atoms with Gasteiger partial charge in [0.15, 0.2) is 0 Å². The highest BCUT2D eigenvalue weighted by atomic mass is 32.2. The van der Waals surface area contributed by atoms with Crippen LogP contribution in [-0.4, -0.2) is 51.5 Å². The molecule has 0 unspecified atom stereocenters. The largest absolute Gasteiger partial charge is 0.465 e. The Morgan fingerprint density at radius 1 is 0.848 bits per heavy atom. The van der Waals surface area contributed by atoms with E-state index in [0.717, 1.165) is 32.4 Å². The van der Waals surface area contributed by atoms with Gasteiger partial charge in [-0.05, 0) is 48.7 Å². The van der Waals surface area contributed by atoms with Crippen LogP contribution in [0.5, 0.6) is 0 Å². The highest BCUT2D eigenvalue weighted by Gasteiger charge is 2.19. The van der Waals surface area contributed by atoms with Gasteiger partial charge in [-0.2, -0.15) is 8.42 Å². The number of carbonyl (C=O) groups excluding carboxylic acids is 2. The zero-order chi connectivity index (χ0) is 24.9. The molecule has 0 spiro atoms. The predicted octanol–water partition coefficient (Wildman–Crippen LogP) is 4.90. The first kappa shape index (κ1) is 28.8. The smallest absolute Gasteiger partial charge is 0.337 e. The fourth-order valence-electron chi connectivity index (χ4n) is 2.93. The van der Waals surface area contributed by atoms with E-state index < -0.39 is 27.0 Å². The molecular weight excluding hydrogens is 463 g/mol. The molecule has 7 nitrogen and oxygen atoms in total. The molecule has 182 valence electrons. The van der Waals surface area contributed by atoms with Gasteiger partial charge in [0.1, 0.15) is 0 Å². The summed E-state index contributed by atoms with van der Waals surface area (Å²) in [6.45, 7) is 4.58. The number of benzene rings is 2. The Kier molecular flexibility index (Phi) is 12.9. The third-order valence-electron chi connectivity index (χ3n) is 4.73. The van der Waals surface area contributed by atoms with Crippen LogP contribution in [0.3, 0.4) is 0 Å². The molecule has 0 aliphatic rings. The highest BCUT2D eigenvalue weighted by Crippen LogP contribution is 2.36. The second kappa shape index (κ2) is 14.8. The monoisotopic (exact) mass is 496 g/mol. The molecule has 2 aromatic rings. The molecule has 0 atom stereocenters. The number of ether oxygens (including phenoxy) is 2. The topological polar surface area (TPSA) is 107 Å². The second-order valence-electron chi connectivity index (χ2n) is 7.23. The molecule has 9 heteroatoms. The number of unbranched alkanes of at least 4 members (excludes halogenated alkanes) is 2. The van der Waals surface area contributed by atoms with E-state index in [0.29, 0.717) is 0 Å². The van der Waals surface area contributed by atoms with Gasteiger partial charge in [-0.25, -0.2) is 9.59 Å². The summed E-state index contributed by atoms with van der Waals surface area (Å²) in [5, 5.41) is 1.61. The second-order valence-corrected chi connectivity index (χ2v) is 11.1. The molecule has 0 fully saturated rings. The number of hydrogen-bond donors (Lipinski definition) is 1. The Morgan fingerprint density at radius 3 is 1.67 bits per heavy atom. The van der Waals surface area contributed by atoms with Crippen molar-refractivity contribution in [3.8, 4) is 0 Å². The van der Waals surface area contributed by atoms with E-state index in [4.69, 9.17) is 4.55 Å². The molecule has 0 saturated heterocycles. The lowest BCUT2D eigenvalue weighted by Crippen LogP contribution is -2.09. The van der Waals surface area contributed by atoms with E-state index in [1.165, 1.54) is 38.0 Å². The number of methoxy groups -OCH3 is 2. The van der Waals surface area contributed by atoms with E-state index in [9.17, 15) is 18.0 Å². The van der Waals surface area contributed by atoms with Gasteiger partial charge in [-0.15, -0.1) is 0 Å². The third kappa shape index (κ3) is 10.0. The fourth-order valence-corrected chi connectivity index (χ4v) is 6.21. The maximum Gasteiger partial charge on any atom is 0.337 e. The molecule has 33 heavy (non-hydrogen) atoms. The van der Waals surface area contributed by atoms with Gasteiger partial charge in [0, 0.05) is 0 Å². The Hall–Kier alpha value is -2.28. The zero-order valence-corrected chi connectivity index (χ0v) is 21.3. The summed E-state index contributed by atoms with van der Waals surface area (Å²) in [6, 6.07) is 14.0. The summed E-state index contributed by atoms with van der Waals surface area (Å²) in [4.78, 5) is 22.0. The highest BCUT2D eigenvalue weighted by molar-refractivity contribution is 7.85. The van der Waals surface area contributed by atoms with Gasteiger partial charge >= 0.3 is 11.9 Å². The lowest BCUT2D eigenvalue weighted by atomic mass is 10.1. The molecule has 2 aromatic carbocycles. The Balaban J connectivity index is 0.000000335. The average molecular weight is 497 g/mol. The van der Waals surface area contributed by atoms with Gasteiger partial charge in [0.05, 0.1) is 30.2 Å².